The molecule has 0 aliphatic heterocycles. The minimum absolute atomic E-state index is 0.588. The van der Waals surface area contributed by atoms with E-state index in [2.05, 4.69) is 23.5 Å². The molecule has 3 heteroatoms. The molecule has 0 saturated heterocycles. The lowest BCUT2D eigenvalue weighted by molar-refractivity contribution is 0.416. The molecular weight excluding hydrogens is 210 g/mol. The molecule has 0 amide bonds. The SMILES string of the molecule is CNC(CCC1CCCC1)Cc1ccn(C)n1. The fourth-order valence-corrected chi connectivity index (χ4v) is 2.91. The molecule has 0 aromatic carbocycles. The van der Waals surface area contributed by atoms with Gasteiger partial charge in [0.05, 0.1) is 5.69 Å². The van der Waals surface area contributed by atoms with Crippen molar-refractivity contribution in [3.63, 3.8) is 0 Å². The molecule has 1 fully saturated rings. The minimum atomic E-state index is 0.588. The number of aryl methyl sites for hydroxylation is 1. The molecule has 1 aromatic rings. The summed E-state index contributed by atoms with van der Waals surface area (Å²) < 4.78 is 1.89. The van der Waals surface area contributed by atoms with E-state index >= 15 is 0 Å². The third kappa shape index (κ3) is 3.84. The van der Waals surface area contributed by atoms with Crippen LogP contribution in [0.4, 0.5) is 0 Å². The van der Waals surface area contributed by atoms with Gasteiger partial charge in [0.15, 0.2) is 0 Å². The summed E-state index contributed by atoms with van der Waals surface area (Å²) in [6.45, 7) is 0. The van der Waals surface area contributed by atoms with E-state index in [4.69, 9.17) is 0 Å². The highest BCUT2D eigenvalue weighted by Gasteiger charge is 2.17. The van der Waals surface area contributed by atoms with Crippen molar-refractivity contribution >= 4 is 0 Å². The average molecular weight is 235 g/mol. The average Bonchev–Trinajstić information content (AvgIpc) is 2.96. The first-order chi connectivity index (χ1) is 8.28. The quantitative estimate of drug-likeness (QED) is 0.821. The first-order valence-corrected chi connectivity index (χ1v) is 6.93. The van der Waals surface area contributed by atoms with E-state index in [9.17, 15) is 0 Å². The highest BCUT2D eigenvalue weighted by Crippen LogP contribution is 2.29. The molecule has 1 saturated carbocycles. The van der Waals surface area contributed by atoms with Gasteiger partial charge in [-0.1, -0.05) is 25.7 Å². The van der Waals surface area contributed by atoms with Crippen molar-refractivity contribution in [2.75, 3.05) is 7.05 Å². The van der Waals surface area contributed by atoms with Crippen molar-refractivity contribution in [3.05, 3.63) is 18.0 Å². The number of likely N-dealkylation sites (N-methyl/N-ethyl adjacent to an activating group) is 1. The van der Waals surface area contributed by atoms with Crippen molar-refractivity contribution in [1.29, 1.82) is 0 Å². The Labute approximate surface area is 105 Å². The zero-order valence-electron chi connectivity index (χ0n) is 11.2. The predicted octanol–water partition coefficient (Wildman–Crippen LogP) is 2.52. The molecule has 1 unspecified atom stereocenters. The molecule has 0 bridgehead atoms. The lowest BCUT2D eigenvalue weighted by atomic mass is 9.96. The Morgan fingerprint density at radius 1 is 1.47 bits per heavy atom. The van der Waals surface area contributed by atoms with Gasteiger partial charge >= 0.3 is 0 Å². The van der Waals surface area contributed by atoms with Crippen LogP contribution in [0.15, 0.2) is 12.3 Å². The second-order valence-corrected chi connectivity index (χ2v) is 5.40. The molecule has 1 heterocycles. The zero-order chi connectivity index (χ0) is 12.1. The maximum absolute atomic E-state index is 4.45. The second-order valence-electron chi connectivity index (χ2n) is 5.40. The number of rotatable bonds is 6. The molecule has 17 heavy (non-hydrogen) atoms. The molecule has 1 aliphatic carbocycles. The van der Waals surface area contributed by atoms with Gasteiger partial charge < -0.3 is 5.32 Å². The van der Waals surface area contributed by atoms with Crippen LogP contribution < -0.4 is 5.32 Å². The van der Waals surface area contributed by atoms with Crippen molar-refractivity contribution in [3.8, 4) is 0 Å². The Bertz CT molecular complexity index is 326. The largest absolute Gasteiger partial charge is 0.317 e. The number of aromatic nitrogens is 2. The summed E-state index contributed by atoms with van der Waals surface area (Å²) in [5.41, 5.74) is 1.21. The number of hydrogen-bond acceptors (Lipinski definition) is 2. The summed E-state index contributed by atoms with van der Waals surface area (Å²) in [4.78, 5) is 0. The van der Waals surface area contributed by atoms with E-state index in [-0.39, 0.29) is 0 Å². The van der Waals surface area contributed by atoms with Gasteiger partial charge in [0.25, 0.3) is 0 Å². The molecule has 96 valence electrons. The second kappa shape index (κ2) is 6.20. The highest BCUT2D eigenvalue weighted by molar-refractivity contribution is 5.01. The van der Waals surface area contributed by atoms with E-state index in [0.717, 1.165) is 12.3 Å². The smallest absolute Gasteiger partial charge is 0.0639 e. The third-order valence-corrected chi connectivity index (χ3v) is 4.03. The summed E-state index contributed by atoms with van der Waals surface area (Å²) in [6, 6.07) is 2.71. The van der Waals surface area contributed by atoms with Gasteiger partial charge in [0.2, 0.25) is 0 Å². The van der Waals surface area contributed by atoms with Gasteiger partial charge in [-0.15, -0.1) is 0 Å². The Morgan fingerprint density at radius 2 is 2.24 bits per heavy atom. The molecule has 1 aromatic heterocycles. The van der Waals surface area contributed by atoms with Crippen LogP contribution in [0.3, 0.4) is 0 Å². The van der Waals surface area contributed by atoms with Crippen LogP contribution in [0, 0.1) is 5.92 Å². The Hall–Kier alpha value is -0.830. The van der Waals surface area contributed by atoms with Gasteiger partial charge in [0.1, 0.15) is 0 Å². The van der Waals surface area contributed by atoms with Crippen LogP contribution in [0.1, 0.15) is 44.2 Å². The normalized spacial score (nSPS) is 18.7. The Balaban J connectivity index is 1.75. The van der Waals surface area contributed by atoms with Gasteiger partial charge in [-0.25, -0.2) is 0 Å². The summed E-state index contributed by atoms with van der Waals surface area (Å²) in [5, 5.41) is 7.89. The zero-order valence-corrected chi connectivity index (χ0v) is 11.2. The topological polar surface area (TPSA) is 29.9 Å². The summed E-state index contributed by atoms with van der Waals surface area (Å²) in [7, 11) is 4.05. The highest BCUT2D eigenvalue weighted by atomic mass is 15.2. The van der Waals surface area contributed by atoms with Crippen LogP contribution in [0.25, 0.3) is 0 Å². The molecular formula is C14H25N3. The van der Waals surface area contributed by atoms with Crippen LogP contribution >= 0.6 is 0 Å². The summed E-state index contributed by atoms with van der Waals surface area (Å²) in [5.74, 6) is 0.995. The van der Waals surface area contributed by atoms with Crippen LogP contribution in [0.2, 0.25) is 0 Å². The molecule has 3 nitrogen and oxygen atoms in total. The monoisotopic (exact) mass is 235 g/mol. The molecule has 0 radical (unpaired) electrons. The number of nitrogens with one attached hydrogen (secondary N) is 1. The summed E-state index contributed by atoms with van der Waals surface area (Å²) >= 11 is 0. The van der Waals surface area contributed by atoms with Crippen LogP contribution in [-0.4, -0.2) is 22.9 Å². The van der Waals surface area contributed by atoms with E-state index in [0.29, 0.717) is 6.04 Å². The van der Waals surface area contributed by atoms with Crippen LogP contribution in [0.5, 0.6) is 0 Å². The molecule has 1 atom stereocenters. The lowest BCUT2D eigenvalue weighted by Crippen LogP contribution is -2.28. The van der Waals surface area contributed by atoms with E-state index in [1.807, 2.05) is 17.9 Å². The van der Waals surface area contributed by atoms with Crippen molar-refractivity contribution in [2.24, 2.45) is 13.0 Å². The summed E-state index contributed by atoms with van der Waals surface area (Å²) in [6.07, 6.45) is 11.6. The number of nitrogens with zero attached hydrogens (tertiary/aromatic N) is 2. The number of hydrogen-bond donors (Lipinski definition) is 1. The van der Waals surface area contributed by atoms with E-state index in [1.165, 1.54) is 44.2 Å². The first-order valence-electron chi connectivity index (χ1n) is 6.93. The lowest BCUT2D eigenvalue weighted by Gasteiger charge is -2.17. The van der Waals surface area contributed by atoms with E-state index < -0.39 is 0 Å². The maximum Gasteiger partial charge on any atom is 0.0639 e. The molecule has 1 N–H and O–H groups in total. The fourth-order valence-electron chi connectivity index (χ4n) is 2.91. The third-order valence-electron chi connectivity index (χ3n) is 4.03. The van der Waals surface area contributed by atoms with E-state index in [1.54, 1.807) is 0 Å². The van der Waals surface area contributed by atoms with Gasteiger partial charge in [-0.2, -0.15) is 5.10 Å². The molecule has 1 aliphatic rings. The maximum atomic E-state index is 4.45. The van der Waals surface area contributed by atoms with Gasteiger partial charge in [0, 0.05) is 25.7 Å². The molecule has 0 spiro atoms. The van der Waals surface area contributed by atoms with Crippen molar-refractivity contribution in [1.82, 2.24) is 15.1 Å². The fraction of sp³-hybridized carbons (Fsp3) is 0.786. The first kappa shape index (κ1) is 12.6. The standard InChI is InChI=1S/C14H25N3/c1-15-13(8-7-12-5-3-4-6-12)11-14-9-10-17(2)16-14/h9-10,12-13,15H,3-8,11H2,1-2H3. The Kier molecular flexibility index (Phi) is 4.60. The van der Waals surface area contributed by atoms with Crippen LogP contribution in [-0.2, 0) is 13.5 Å². The Morgan fingerprint density at radius 3 is 2.82 bits per heavy atom. The molecule has 2 rings (SSSR count). The predicted molar refractivity (Wildman–Crippen MR) is 71.0 cm³/mol. The van der Waals surface area contributed by atoms with Crippen molar-refractivity contribution < 1.29 is 0 Å². The van der Waals surface area contributed by atoms with Gasteiger partial charge in [-0.3, -0.25) is 4.68 Å². The van der Waals surface area contributed by atoms with Gasteiger partial charge in [-0.05, 0) is 31.9 Å². The van der Waals surface area contributed by atoms with Crippen molar-refractivity contribution in [2.45, 2.75) is 51.0 Å². The minimum Gasteiger partial charge on any atom is -0.317 e.